The summed E-state index contributed by atoms with van der Waals surface area (Å²) in [5, 5.41) is 12.7. The van der Waals surface area contributed by atoms with Crippen LogP contribution in [0.1, 0.15) is 39.5 Å². The van der Waals surface area contributed by atoms with Crippen LogP contribution < -0.4 is 5.32 Å². The van der Waals surface area contributed by atoms with Crippen LogP contribution in [0.15, 0.2) is 0 Å². The lowest BCUT2D eigenvalue weighted by Crippen LogP contribution is -2.56. The Morgan fingerprint density at radius 2 is 1.95 bits per heavy atom. The molecule has 1 heterocycles. The van der Waals surface area contributed by atoms with Gasteiger partial charge in [0.1, 0.15) is 0 Å². The lowest BCUT2D eigenvalue weighted by atomic mass is 9.84. The number of nitrogens with zero attached hydrogens (tertiary/aromatic N) is 1. The van der Waals surface area contributed by atoms with Gasteiger partial charge in [-0.25, -0.2) is 4.79 Å². The molecular weight excluding hydrogens is 276 g/mol. The standard InChI is InChI=1S/C14H24N2O3S/c1-9-10(2)20-8-7-16(9)14(19)15-12-6-4-3-5-11(12)13(17)18/h9-12H,3-8H2,1-2H3,(H,15,19)(H,17,18). The molecule has 0 aromatic rings. The van der Waals surface area contributed by atoms with E-state index in [-0.39, 0.29) is 18.1 Å². The first-order valence-corrected chi connectivity index (χ1v) is 8.47. The van der Waals surface area contributed by atoms with Crippen LogP contribution in [-0.2, 0) is 4.79 Å². The predicted molar refractivity (Wildman–Crippen MR) is 80.0 cm³/mol. The van der Waals surface area contributed by atoms with E-state index in [0.29, 0.717) is 11.7 Å². The highest BCUT2D eigenvalue weighted by molar-refractivity contribution is 8.00. The van der Waals surface area contributed by atoms with Crippen LogP contribution in [0.3, 0.4) is 0 Å². The number of amides is 2. The van der Waals surface area contributed by atoms with Gasteiger partial charge in [0.2, 0.25) is 0 Å². The fourth-order valence-corrected chi connectivity index (χ4v) is 4.16. The van der Waals surface area contributed by atoms with Crippen molar-refractivity contribution in [3.05, 3.63) is 0 Å². The van der Waals surface area contributed by atoms with Crippen molar-refractivity contribution in [3.63, 3.8) is 0 Å². The summed E-state index contributed by atoms with van der Waals surface area (Å²) in [6.07, 6.45) is 3.38. The lowest BCUT2D eigenvalue weighted by Gasteiger charge is -2.39. The smallest absolute Gasteiger partial charge is 0.317 e. The van der Waals surface area contributed by atoms with E-state index in [1.54, 1.807) is 0 Å². The maximum absolute atomic E-state index is 12.4. The first-order valence-electron chi connectivity index (χ1n) is 7.42. The van der Waals surface area contributed by atoms with E-state index in [2.05, 4.69) is 19.2 Å². The van der Waals surface area contributed by atoms with Gasteiger partial charge < -0.3 is 15.3 Å². The molecule has 6 heteroatoms. The number of hydrogen-bond donors (Lipinski definition) is 2. The van der Waals surface area contributed by atoms with Crippen molar-refractivity contribution in [2.24, 2.45) is 5.92 Å². The van der Waals surface area contributed by atoms with Gasteiger partial charge in [-0.05, 0) is 19.8 Å². The maximum Gasteiger partial charge on any atom is 0.317 e. The Labute approximate surface area is 124 Å². The fraction of sp³-hybridized carbons (Fsp3) is 0.857. The minimum Gasteiger partial charge on any atom is -0.481 e. The maximum atomic E-state index is 12.4. The Hall–Kier alpha value is -0.910. The molecule has 2 amide bonds. The van der Waals surface area contributed by atoms with E-state index < -0.39 is 11.9 Å². The Balaban J connectivity index is 1.97. The van der Waals surface area contributed by atoms with E-state index in [1.165, 1.54) is 0 Å². The number of carbonyl (C=O) groups excluding carboxylic acids is 1. The molecular formula is C14H24N2O3S. The normalized spacial score (nSPS) is 34.6. The highest BCUT2D eigenvalue weighted by Crippen LogP contribution is 2.27. The first-order chi connectivity index (χ1) is 9.50. The molecule has 1 aliphatic heterocycles. The average Bonchev–Trinajstić information content (AvgIpc) is 2.42. The van der Waals surface area contributed by atoms with E-state index in [4.69, 9.17) is 0 Å². The van der Waals surface area contributed by atoms with E-state index >= 15 is 0 Å². The Morgan fingerprint density at radius 3 is 2.65 bits per heavy atom. The van der Waals surface area contributed by atoms with Gasteiger partial charge in [-0.2, -0.15) is 11.8 Å². The van der Waals surface area contributed by atoms with Crippen molar-refractivity contribution in [1.29, 1.82) is 0 Å². The summed E-state index contributed by atoms with van der Waals surface area (Å²) < 4.78 is 0. The SMILES string of the molecule is CC1SCCN(C(=O)NC2CCCCC2C(=O)O)C1C. The molecule has 2 N–H and O–H groups in total. The van der Waals surface area contributed by atoms with Crippen LogP contribution in [0.2, 0.25) is 0 Å². The molecule has 5 nitrogen and oxygen atoms in total. The molecule has 1 aliphatic carbocycles. The lowest BCUT2D eigenvalue weighted by molar-refractivity contribution is -0.143. The first kappa shape index (κ1) is 15.5. The topological polar surface area (TPSA) is 69.6 Å². The average molecular weight is 300 g/mol. The van der Waals surface area contributed by atoms with Gasteiger partial charge in [0.05, 0.1) is 5.92 Å². The minimum absolute atomic E-state index is 0.0946. The largest absolute Gasteiger partial charge is 0.481 e. The molecule has 2 aliphatic rings. The Morgan fingerprint density at radius 1 is 1.25 bits per heavy atom. The van der Waals surface area contributed by atoms with Crippen molar-refractivity contribution >= 4 is 23.8 Å². The van der Waals surface area contributed by atoms with Crippen LogP contribution in [0.5, 0.6) is 0 Å². The molecule has 0 radical (unpaired) electrons. The van der Waals surface area contributed by atoms with Crippen molar-refractivity contribution in [2.45, 2.75) is 56.9 Å². The second-order valence-corrected chi connectivity index (χ2v) is 7.28. The predicted octanol–water partition coefficient (Wildman–Crippen LogP) is 2.17. The van der Waals surface area contributed by atoms with Crippen LogP contribution >= 0.6 is 11.8 Å². The second kappa shape index (κ2) is 6.70. The zero-order valence-electron chi connectivity index (χ0n) is 12.2. The number of carboxylic acid groups (broad SMARTS) is 1. The second-order valence-electron chi connectivity index (χ2n) is 5.80. The van der Waals surface area contributed by atoms with Crippen molar-refractivity contribution in [3.8, 4) is 0 Å². The Bertz CT molecular complexity index is 377. The van der Waals surface area contributed by atoms with Gasteiger partial charge in [-0.1, -0.05) is 19.8 Å². The minimum atomic E-state index is -0.786. The number of carbonyl (C=O) groups is 2. The van der Waals surface area contributed by atoms with Gasteiger partial charge >= 0.3 is 12.0 Å². The molecule has 0 aromatic heterocycles. The van der Waals surface area contributed by atoms with E-state index in [1.807, 2.05) is 16.7 Å². The summed E-state index contributed by atoms with van der Waals surface area (Å²) in [6, 6.07) is -0.116. The van der Waals surface area contributed by atoms with Gasteiger partial charge in [-0.3, -0.25) is 4.79 Å². The van der Waals surface area contributed by atoms with Crippen LogP contribution in [0, 0.1) is 5.92 Å². The third kappa shape index (κ3) is 3.40. The molecule has 2 rings (SSSR count). The number of carboxylic acids is 1. The van der Waals surface area contributed by atoms with Gasteiger partial charge in [0.15, 0.2) is 0 Å². The van der Waals surface area contributed by atoms with Crippen molar-refractivity contribution in [2.75, 3.05) is 12.3 Å². The van der Waals surface area contributed by atoms with E-state index in [0.717, 1.165) is 31.6 Å². The molecule has 20 heavy (non-hydrogen) atoms. The van der Waals surface area contributed by atoms with Gasteiger partial charge in [0, 0.05) is 29.6 Å². The number of aliphatic carboxylic acids is 1. The van der Waals surface area contributed by atoms with Crippen LogP contribution in [-0.4, -0.2) is 51.6 Å². The Kier molecular flexibility index (Phi) is 5.18. The summed E-state index contributed by atoms with van der Waals surface area (Å²) in [6.45, 7) is 4.94. The molecule has 0 spiro atoms. The van der Waals surface area contributed by atoms with E-state index in [9.17, 15) is 14.7 Å². The number of rotatable bonds is 2. The molecule has 2 fully saturated rings. The van der Waals surface area contributed by atoms with Gasteiger partial charge in [-0.15, -0.1) is 0 Å². The number of urea groups is 1. The van der Waals surface area contributed by atoms with Crippen LogP contribution in [0.4, 0.5) is 4.79 Å². The molecule has 0 aromatic carbocycles. The highest BCUT2D eigenvalue weighted by atomic mass is 32.2. The molecule has 0 bridgehead atoms. The monoisotopic (exact) mass is 300 g/mol. The molecule has 4 atom stereocenters. The van der Waals surface area contributed by atoms with Crippen molar-refractivity contribution in [1.82, 2.24) is 10.2 Å². The molecule has 1 saturated carbocycles. The number of thioether (sulfide) groups is 1. The fourth-order valence-electron chi connectivity index (χ4n) is 3.06. The highest BCUT2D eigenvalue weighted by Gasteiger charge is 2.35. The quantitative estimate of drug-likeness (QED) is 0.820. The summed E-state index contributed by atoms with van der Waals surface area (Å²) in [5.74, 6) is -0.267. The zero-order chi connectivity index (χ0) is 14.7. The number of hydrogen-bond acceptors (Lipinski definition) is 3. The zero-order valence-corrected chi connectivity index (χ0v) is 13.0. The molecule has 1 saturated heterocycles. The molecule has 114 valence electrons. The molecule has 4 unspecified atom stereocenters. The van der Waals surface area contributed by atoms with Crippen molar-refractivity contribution < 1.29 is 14.7 Å². The summed E-state index contributed by atoms with van der Waals surface area (Å²) in [4.78, 5) is 25.5. The number of nitrogens with one attached hydrogen (secondary N) is 1. The summed E-state index contributed by atoms with van der Waals surface area (Å²) in [5.41, 5.74) is 0. The summed E-state index contributed by atoms with van der Waals surface area (Å²) in [7, 11) is 0. The van der Waals surface area contributed by atoms with Gasteiger partial charge in [0.25, 0.3) is 0 Å². The van der Waals surface area contributed by atoms with Crippen LogP contribution in [0.25, 0.3) is 0 Å². The third-order valence-electron chi connectivity index (χ3n) is 4.54. The third-order valence-corrected chi connectivity index (χ3v) is 5.87. The summed E-state index contributed by atoms with van der Waals surface area (Å²) >= 11 is 1.88.